The highest BCUT2D eigenvalue weighted by Gasteiger charge is 2.25. The number of benzene rings is 1. The molecule has 1 saturated heterocycles. The summed E-state index contributed by atoms with van der Waals surface area (Å²) in [6, 6.07) is 5.85. The molecule has 1 unspecified atom stereocenters. The molecule has 3 N–H and O–H groups in total. The number of ether oxygens (including phenoxy) is 1. The molecule has 1 aromatic carbocycles. The van der Waals surface area contributed by atoms with Crippen LogP contribution in [0.4, 0.5) is 11.4 Å². The lowest BCUT2D eigenvalue weighted by atomic mass is 9.98. The zero-order chi connectivity index (χ0) is 13.9. The Morgan fingerprint density at radius 3 is 2.84 bits per heavy atom. The Kier molecular flexibility index (Phi) is 4.20. The summed E-state index contributed by atoms with van der Waals surface area (Å²) in [7, 11) is 0. The highest BCUT2D eigenvalue weighted by Crippen LogP contribution is 2.29. The first-order valence-electron chi connectivity index (χ1n) is 7.01. The smallest absolute Gasteiger partial charge is 0.123 e. The minimum atomic E-state index is -0.544. The fourth-order valence-electron chi connectivity index (χ4n) is 2.56. The van der Waals surface area contributed by atoms with Gasteiger partial charge in [-0.1, -0.05) is 0 Å². The van der Waals surface area contributed by atoms with Gasteiger partial charge in [-0.05, 0) is 39.2 Å². The maximum Gasteiger partial charge on any atom is 0.123 e. The fourth-order valence-corrected chi connectivity index (χ4v) is 2.56. The number of anilines is 2. The maximum absolute atomic E-state index is 10.1. The zero-order valence-corrected chi connectivity index (χ0v) is 11.9. The van der Waals surface area contributed by atoms with E-state index in [1.54, 1.807) is 0 Å². The van der Waals surface area contributed by atoms with Crippen LogP contribution in [0.1, 0.15) is 33.1 Å². The lowest BCUT2D eigenvalue weighted by Gasteiger charge is -2.25. The Labute approximate surface area is 115 Å². The van der Waals surface area contributed by atoms with Crippen LogP contribution in [0, 0.1) is 0 Å². The molecular weight excluding hydrogens is 240 g/mol. The van der Waals surface area contributed by atoms with Crippen LogP contribution < -0.4 is 15.4 Å². The first-order valence-corrected chi connectivity index (χ1v) is 7.01. The van der Waals surface area contributed by atoms with E-state index < -0.39 is 5.60 Å². The molecule has 0 amide bonds. The standard InChI is InChI=1S/C15H24N2O2/c1-3-19-14-10-12(16)9-13(11-14)17-7-4-5-15(2,18)6-8-17/h9-11,18H,3-8,16H2,1-2H3. The number of nitrogens with zero attached hydrogens (tertiary/aromatic N) is 1. The third-order valence-electron chi connectivity index (χ3n) is 3.65. The van der Waals surface area contributed by atoms with Crippen molar-refractivity contribution in [3.63, 3.8) is 0 Å². The molecule has 0 aliphatic carbocycles. The molecule has 1 aliphatic heterocycles. The van der Waals surface area contributed by atoms with Crippen molar-refractivity contribution in [3.8, 4) is 5.75 Å². The normalized spacial score (nSPS) is 24.1. The van der Waals surface area contributed by atoms with Crippen molar-refractivity contribution < 1.29 is 9.84 Å². The number of nitrogen functional groups attached to an aromatic ring is 1. The number of rotatable bonds is 3. The monoisotopic (exact) mass is 264 g/mol. The molecule has 0 saturated carbocycles. The van der Waals surface area contributed by atoms with Gasteiger partial charge in [0.05, 0.1) is 12.2 Å². The molecule has 1 aromatic rings. The Hall–Kier alpha value is -1.42. The molecule has 4 heteroatoms. The third kappa shape index (κ3) is 3.77. The van der Waals surface area contributed by atoms with E-state index >= 15 is 0 Å². The summed E-state index contributed by atoms with van der Waals surface area (Å²) in [4.78, 5) is 2.28. The largest absolute Gasteiger partial charge is 0.494 e. The molecular formula is C15H24N2O2. The summed E-state index contributed by atoms with van der Waals surface area (Å²) >= 11 is 0. The van der Waals surface area contributed by atoms with Crippen molar-refractivity contribution in [2.75, 3.05) is 30.3 Å². The van der Waals surface area contributed by atoms with Crippen LogP contribution in [-0.4, -0.2) is 30.4 Å². The topological polar surface area (TPSA) is 58.7 Å². The van der Waals surface area contributed by atoms with Gasteiger partial charge in [0.1, 0.15) is 5.75 Å². The summed E-state index contributed by atoms with van der Waals surface area (Å²) in [5, 5.41) is 10.1. The predicted octanol–water partition coefficient (Wildman–Crippen LogP) is 2.41. The molecule has 1 fully saturated rings. The van der Waals surface area contributed by atoms with Gasteiger partial charge >= 0.3 is 0 Å². The maximum atomic E-state index is 10.1. The van der Waals surface area contributed by atoms with E-state index in [0.717, 1.165) is 49.5 Å². The van der Waals surface area contributed by atoms with Crippen LogP contribution in [-0.2, 0) is 0 Å². The first kappa shape index (κ1) is 14.0. The van der Waals surface area contributed by atoms with Gasteiger partial charge in [-0.2, -0.15) is 0 Å². The molecule has 106 valence electrons. The zero-order valence-electron chi connectivity index (χ0n) is 11.9. The van der Waals surface area contributed by atoms with E-state index in [4.69, 9.17) is 10.5 Å². The highest BCUT2D eigenvalue weighted by molar-refractivity contribution is 5.60. The van der Waals surface area contributed by atoms with Gasteiger partial charge in [0.25, 0.3) is 0 Å². The van der Waals surface area contributed by atoms with E-state index in [1.165, 1.54) is 0 Å². The van der Waals surface area contributed by atoms with Crippen LogP contribution in [0.5, 0.6) is 5.75 Å². The SMILES string of the molecule is CCOc1cc(N)cc(N2CCCC(C)(O)CC2)c1. The van der Waals surface area contributed by atoms with Crippen molar-refractivity contribution in [2.24, 2.45) is 0 Å². The Bertz CT molecular complexity index is 432. The molecule has 0 spiro atoms. The van der Waals surface area contributed by atoms with Crippen LogP contribution >= 0.6 is 0 Å². The van der Waals surface area contributed by atoms with Crippen LogP contribution in [0.15, 0.2) is 18.2 Å². The highest BCUT2D eigenvalue weighted by atomic mass is 16.5. The number of nitrogens with two attached hydrogens (primary N) is 1. The molecule has 0 aromatic heterocycles. The summed E-state index contributed by atoms with van der Waals surface area (Å²) < 4.78 is 5.53. The van der Waals surface area contributed by atoms with E-state index in [9.17, 15) is 5.11 Å². The van der Waals surface area contributed by atoms with Gasteiger partial charge in [-0.25, -0.2) is 0 Å². The van der Waals surface area contributed by atoms with Gasteiger partial charge in [0.15, 0.2) is 0 Å². The van der Waals surface area contributed by atoms with Gasteiger partial charge in [0, 0.05) is 36.6 Å². The Morgan fingerprint density at radius 2 is 2.11 bits per heavy atom. The van der Waals surface area contributed by atoms with E-state index in [1.807, 2.05) is 32.0 Å². The van der Waals surface area contributed by atoms with Gasteiger partial charge < -0.3 is 20.5 Å². The molecule has 1 heterocycles. The molecule has 1 atom stereocenters. The van der Waals surface area contributed by atoms with Crippen molar-refractivity contribution in [1.82, 2.24) is 0 Å². The van der Waals surface area contributed by atoms with Crippen LogP contribution in [0.3, 0.4) is 0 Å². The predicted molar refractivity (Wildman–Crippen MR) is 78.7 cm³/mol. The minimum Gasteiger partial charge on any atom is -0.494 e. The van der Waals surface area contributed by atoms with Crippen LogP contribution in [0.25, 0.3) is 0 Å². The summed E-state index contributed by atoms with van der Waals surface area (Å²) in [6.07, 6.45) is 2.63. The fraction of sp³-hybridized carbons (Fsp3) is 0.600. The number of hydrogen-bond donors (Lipinski definition) is 2. The van der Waals surface area contributed by atoms with E-state index in [0.29, 0.717) is 6.61 Å². The summed E-state index contributed by atoms with van der Waals surface area (Å²) in [6.45, 7) is 6.32. The molecule has 0 radical (unpaired) electrons. The third-order valence-corrected chi connectivity index (χ3v) is 3.65. The van der Waals surface area contributed by atoms with E-state index in [-0.39, 0.29) is 0 Å². The lowest BCUT2D eigenvalue weighted by Crippen LogP contribution is -2.28. The Balaban J connectivity index is 2.16. The molecule has 2 rings (SSSR count). The van der Waals surface area contributed by atoms with Gasteiger partial charge in [0.2, 0.25) is 0 Å². The average Bonchev–Trinajstić information content (AvgIpc) is 2.50. The van der Waals surface area contributed by atoms with E-state index in [2.05, 4.69) is 4.90 Å². The van der Waals surface area contributed by atoms with Gasteiger partial charge in [-0.15, -0.1) is 0 Å². The van der Waals surface area contributed by atoms with Crippen molar-refractivity contribution in [1.29, 1.82) is 0 Å². The summed E-state index contributed by atoms with van der Waals surface area (Å²) in [5.41, 5.74) is 7.19. The number of hydrogen-bond acceptors (Lipinski definition) is 4. The van der Waals surface area contributed by atoms with Crippen LogP contribution in [0.2, 0.25) is 0 Å². The van der Waals surface area contributed by atoms with Crippen molar-refractivity contribution >= 4 is 11.4 Å². The molecule has 19 heavy (non-hydrogen) atoms. The average molecular weight is 264 g/mol. The van der Waals surface area contributed by atoms with Crippen molar-refractivity contribution in [2.45, 2.75) is 38.7 Å². The molecule has 1 aliphatic rings. The second kappa shape index (κ2) is 5.70. The van der Waals surface area contributed by atoms with Gasteiger partial charge in [-0.3, -0.25) is 0 Å². The minimum absolute atomic E-state index is 0.544. The molecule has 4 nitrogen and oxygen atoms in total. The second-order valence-corrected chi connectivity index (χ2v) is 5.53. The summed E-state index contributed by atoms with van der Waals surface area (Å²) in [5.74, 6) is 0.813. The van der Waals surface area contributed by atoms with Crippen molar-refractivity contribution in [3.05, 3.63) is 18.2 Å². The lowest BCUT2D eigenvalue weighted by molar-refractivity contribution is 0.0481. The second-order valence-electron chi connectivity index (χ2n) is 5.53. The number of aliphatic hydroxyl groups is 1. The Morgan fingerprint density at radius 1 is 1.32 bits per heavy atom. The molecule has 0 bridgehead atoms. The quantitative estimate of drug-likeness (QED) is 0.823. The first-order chi connectivity index (χ1) is 9.00.